The van der Waals surface area contributed by atoms with Crippen molar-refractivity contribution in [2.45, 2.75) is 19.3 Å². The molecule has 3 aromatic rings. The van der Waals surface area contributed by atoms with Crippen molar-refractivity contribution in [2.24, 2.45) is 0 Å². The van der Waals surface area contributed by atoms with Gasteiger partial charge in [-0.3, -0.25) is 14.5 Å². The van der Waals surface area contributed by atoms with Gasteiger partial charge in [0.2, 0.25) is 5.91 Å². The monoisotopic (exact) mass is 465 g/mol. The molecule has 2 amide bonds. The molecule has 0 spiro atoms. The average molecular weight is 466 g/mol. The third-order valence-electron chi connectivity index (χ3n) is 6.36. The van der Waals surface area contributed by atoms with E-state index >= 15 is 0 Å². The summed E-state index contributed by atoms with van der Waals surface area (Å²) in [4.78, 5) is 29.4. The van der Waals surface area contributed by atoms with Crippen LogP contribution in [-0.2, 0) is 17.6 Å². The highest BCUT2D eigenvalue weighted by molar-refractivity contribution is 5.94. The van der Waals surface area contributed by atoms with Crippen LogP contribution in [0.25, 0.3) is 5.69 Å². The maximum Gasteiger partial charge on any atom is 0.274 e. The number of rotatable bonds is 5. The lowest BCUT2D eigenvalue weighted by atomic mass is 10.1. The smallest absolute Gasteiger partial charge is 0.274 e. The van der Waals surface area contributed by atoms with E-state index in [-0.39, 0.29) is 30.0 Å². The van der Waals surface area contributed by atoms with Crippen molar-refractivity contribution in [2.75, 3.05) is 38.0 Å². The Hall–Kier alpha value is -3.59. The molecule has 1 saturated heterocycles. The van der Waals surface area contributed by atoms with Crippen molar-refractivity contribution in [3.8, 4) is 5.69 Å². The summed E-state index contributed by atoms with van der Waals surface area (Å²) in [5.74, 6) is -0.948. The maximum absolute atomic E-state index is 13.4. The zero-order valence-electron chi connectivity index (χ0n) is 18.6. The number of fused-ring (bicyclic) bond motifs is 1. The first-order chi connectivity index (χ1) is 16.5. The summed E-state index contributed by atoms with van der Waals surface area (Å²) in [5, 5.41) is 7.39. The van der Waals surface area contributed by atoms with Crippen LogP contribution in [0, 0.1) is 11.6 Å². The topological polar surface area (TPSA) is 70.5 Å². The van der Waals surface area contributed by atoms with E-state index in [1.54, 1.807) is 21.7 Å². The number of anilines is 1. The first kappa shape index (κ1) is 22.2. The fourth-order valence-electron chi connectivity index (χ4n) is 4.60. The van der Waals surface area contributed by atoms with Gasteiger partial charge in [-0.05, 0) is 67.8 Å². The van der Waals surface area contributed by atoms with Crippen LogP contribution in [-0.4, -0.2) is 64.1 Å². The lowest BCUT2D eigenvalue weighted by molar-refractivity contribution is -0.117. The Morgan fingerprint density at radius 2 is 1.53 bits per heavy atom. The molecule has 5 rings (SSSR count). The second kappa shape index (κ2) is 9.34. The van der Waals surface area contributed by atoms with Gasteiger partial charge < -0.3 is 10.2 Å². The SMILES string of the molecule is O=C(CN1CCN(C(=O)c2nn(-c3ccc(F)cc3)c3c2CCC3)CC1)Nc1ccc(F)cc1. The van der Waals surface area contributed by atoms with Crippen molar-refractivity contribution in [1.29, 1.82) is 0 Å². The molecule has 1 aliphatic carbocycles. The van der Waals surface area contributed by atoms with Crippen LogP contribution in [0.15, 0.2) is 48.5 Å². The Labute approximate surface area is 196 Å². The van der Waals surface area contributed by atoms with Gasteiger partial charge >= 0.3 is 0 Å². The van der Waals surface area contributed by atoms with Gasteiger partial charge in [-0.25, -0.2) is 13.5 Å². The van der Waals surface area contributed by atoms with Gasteiger partial charge in [0, 0.05) is 43.1 Å². The molecule has 1 aromatic heterocycles. The quantitative estimate of drug-likeness (QED) is 0.629. The Bertz CT molecular complexity index is 1200. The number of halogens is 2. The highest BCUT2D eigenvalue weighted by Gasteiger charge is 2.31. The molecular weight excluding hydrogens is 440 g/mol. The van der Waals surface area contributed by atoms with E-state index < -0.39 is 0 Å². The standard InChI is InChI=1S/C25H25F2N5O2/c26-17-4-8-19(9-5-17)28-23(33)16-30-12-14-31(15-13-30)25(34)24-21-2-1-3-22(21)32(29-24)20-10-6-18(27)7-11-20/h4-11H,1-3,12-16H2,(H,28,33). The van der Waals surface area contributed by atoms with Crippen LogP contribution in [0.3, 0.4) is 0 Å². The van der Waals surface area contributed by atoms with Crippen molar-refractivity contribution in [1.82, 2.24) is 19.6 Å². The second-order valence-corrected chi connectivity index (χ2v) is 8.64. The van der Waals surface area contributed by atoms with E-state index in [4.69, 9.17) is 0 Å². The Kier molecular flexibility index (Phi) is 6.10. The molecule has 0 saturated carbocycles. The molecular formula is C25H25F2N5O2. The average Bonchev–Trinajstić information content (AvgIpc) is 3.44. The fraction of sp³-hybridized carbons (Fsp3) is 0.320. The van der Waals surface area contributed by atoms with Crippen LogP contribution in [0.4, 0.5) is 14.5 Å². The first-order valence-electron chi connectivity index (χ1n) is 11.4. The molecule has 2 heterocycles. The van der Waals surface area contributed by atoms with Crippen LogP contribution in [0.5, 0.6) is 0 Å². The summed E-state index contributed by atoms with van der Waals surface area (Å²) in [6, 6.07) is 11.8. The van der Waals surface area contributed by atoms with Gasteiger partial charge in [0.1, 0.15) is 11.6 Å². The molecule has 0 unspecified atom stereocenters. The highest BCUT2D eigenvalue weighted by Crippen LogP contribution is 2.29. The molecule has 34 heavy (non-hydrogen) atoms. The predicted octanol–water partition coefficient (Wildman–Crippen LogP) is 3.04. The zero-order chi connectivity index (χ0) is 23.7. The molecule has 7 nitrogen and oxygen atoms in total. The van der Waals surface area contributed by atoms with Crippen molar-refractivity contribution in [3.63, 3.8) is 0 Å². The second-order valence-electron chi connectivity index (χ2n) is 8.64. The fourth-order valence-corrected chi connectivity index (χ4v) is 4.60. The molecule has 1 aliphatic heterocycles. The Morgan fingerprint density at radius 1 is 0.882 bits per heavy atom. The van der Waals surface area contributed by atoms with E-state index in [0.29, 0.717) is 37.6 Å². The summed E-state index contributed by atoms with van der Waals surface area (Å²) in [7, 11) is 0. The van der Waals surface area contributed by atoms with Crippen molar-refractivity contribution >= 4 is 17.5 Å². The number of hydrogen-bond donors (Lipinski definition) is 1. The molecule has 2 aliphatic rings. The molecule has 1 fully saturated rings. The molecule has 2 aromatic carbocycles. The van der Waals surface area contributed by atoms with E-state index in [1.807, 2.05) is 4.90 Å². The summed E-state index contributed by atoms with van der Waals surface area (Å²) < 4.78 is 28.1. The normalized spacial score (nSPS) is 15.9. The minimum absolute atomic E-state index is 0.102. The third kappa shape index (κ3) is 4.56. The summed E-state index contributed by atoms with van der Waals surface area (Å²) in [6.45, 7) is 2.35. The number of benzene rings is 2. The van der Waals surface area contributed by atoms with Gasteiger partial charge in [0.05, 0.1) is 12.2 Å². The van der Waals surface area contributed by atoms with Gasteiger partial charge in [0.25, 0.3) is 5.91 Å². The Balaban J connectivity index is 1.21. The van der Waals surface area contributed by atoms with Crippen molar-refractivity contribution in [3.05, 3.63) is 77.1 Å². The Morgan fingerprint density at radius 3 is 2.21 bits per heavy atom. The van der Waals surface area contributed by atoms with Gasteiger partial charge in [-0.1, -0.05) is 0 Å². The molecule has 0 radical (unpaired) electrons. The minimum atomic E-state index is -0.355. The van der Waals surface area contributed by atoms with Crippen LogP contribution >= 0.6 is 0 Å². The van der Waals surface area contributed by atoms with Crippen LogP contribution in [0.1, 0.15) is 28.2 Å². The van der Waals surface area contributed by atoms with Crippen LogP contribution in [0.2, 0.25) is 0 Å². The highest BCUT2D eigenvalue weighted by atomic mass is 19.1. The number of piperazine rings is 1. The first-order valence-corrected chi connectivity index (χ1v) is 11.4. The number of nitrogens with one attached hydrogen (secondary N) is 1. The minimum Gasteiger partial charge on any atom is -0.335 e. The largest absolute Gasteiger partial charge is 0.335 e. The third-order valence-corrected chi connectivity index (χ3v) is 6.36. The number of hydrogen-bond acceptors (Lipinski definition) is 4. The lowest BCUT2D eigenvalue weighted by Gasteiger charge is -2.34. The van der Waals surface area contributed by atoms with Gasteiger partial charge in [-0.15, -0.1) is 0 Å². The number of carbonyl (C=O) groups is 2. The molecule has 0 bridgehead atoms. The zero-order valence-corrected chi connectivity index (χ0v) is 18.6. The van der Waals surface area contributed by atoms with E-state index in [2.05, 4.69) is 10.4 Å². The van der Waals surface area contributed by atoms with Gasteiger partial charge in [0.15, 0.2) is 5.69 Å². The summed E-state index contributed by atoms with van der Waals surface area (Å²) >= 11 is 0. The number of nitrogens with zero attached hydrogens (tertiary/aromatic N) is 4. The van der Waals surface area contributed by atoms with Gasteiger partial charge in [-0.2, -0.15) is 5.10 Å². The number of amides is 2. The maximum atomic E-state index is 13.4. The van der Waals surface area contributed by atoms with E-state index in [1.165, 1.54) is 36.4 Å². The molecule has 176 valence electrons. The molecule has 1 N–H and O–H groups in total. The molecule has 9 heteroatoms. The van der Waals surface area contributed by atoms with Crippen LogP contribution < -0.4 is 5.32 Å². The number of carbonyl (C=O) groups excluding carboxylic acids is 2. The predicted molar refractivity (Wildman–Crippen MR) is 123 cm³/mol. The van der Waals surface area contributed by atoms with E-state index in [0.717, 1.165) is 36.2 Å². The molecule has 0 atom stereocenters. The summed E-state index contributed by atoms with van der Waals surface area (Å²) in [5.41, 5.74) is 3.77. The van der Waals surface area contributed by atoms with E-state index in [9.17, 15) is 18.4 Å². The summed E-state index contributed by atoms with van der Waals surface area (Å²) in [6.07, 6.45) is 2.61. The number of aromatic nitrogens is 2. The lowest BCUT2D eigenvalue weighted by Crippen LogP contribution is -2.50. The van der Waals surface area contributed by atoms with Crippen molar-refractivity contribution < 1.29 is 18.4 Å².